The summed E-state index contributed by atoms with van der Waals surface area (Å²) in [6.45, 7) is 3.47. The topological polar surface area (TPSA) is 46.2 Å². The maximum atomic E-state index is 14.9. The van der Waals surface area contributed by atoms with E-state index < -0.39 is 39.7 Å². The van der Waals surface area contributed by atoms with Crippen molar-refractivity contribution in [3.63, 3.8) is 0 Å². The van der Waals surface area contributed by atoms with Crippen LogP contribution in [0.15, 0.2) is 30.3 Å². The first-order valence-electron chi connectivity index (χ1n) is 8.80. The lowest BCUT2D eigenvalue weighted by Gasteiger charge is -2.56. The highest BCUT2D eigenvalue weighted by Gasteiger charge is 2.67. The molecule has 1 heterocycles. The Morgan fingerprint density at radius 2 is 1.67 bits per heavy atom. The highest BCUT2D eigenvalue weighted by molar-refractivity contribution is 14.1. The number of alkyl halides is 3. The van der Waals surface area contributed by atoms with Crippen molar-refractivity contribution in [3.8, 4) is 0 Å². The highest BCUT2D eigenvalue weighted by atomic mass is 127. The molecule has 6 atom stereocenters. The van der Waals surface area contributed by atoms with E-state index in [1.807, 2.05) is 30.3 Å². The molecule has 152 valence electrons. The summed E-state index contributed by atoms with van der Waals surface area (Å²) in [5.41, 5.74) is 0.962. The van der Waals surface area contributed by atoms with Crippen LogP contribution >= 0.6 is 22.6 Å². The summed E-state index contributed by atoms with van der Waals surface area (Å²) in [4.78, 5) is 0. The molecule has 0 N–H and O–H groups in total. The van der Waals surface area contributed by atoms with Gasteiger partial charge < -0.3 is 23.7 Å². The zero-order chi connectivity index (χ0) is 19.9. The molecular formula is C19H25F2IO5. The molecule has 0 amide bonds. The van der Waals surface area contributed by atoms with Gasteiger partial charge in [-0.2, -0.15) is 0 Å². The Hall–Kier alpha value is -0.390. The van der Waals surface area contributed by atoms with E-state index in [0.717, 1.165) is 5.56 Å². The summed E-state index contributed by atoms with van der Waals surface area (Å²) < 4.78 is 57.6. The van der Waals surface area contributed by atoms with Gasteiger partial charge in [-0.05, 0) is 25.8 Å². The number of benzene rings is 1. The summed E-state index contributed by atoms with van der Waals surface area (Å²) in [7, 11) is 2.82. The van der Waals surface area contributed by atoms with Crippen molar-refractivity contribution in [1.29, 1.82) is 0 Å². The average molecular weight is 498 g/mol. The van der Waals surface area contributed by atoms with Gasteiger partial charge in [-0.25, -0.2) is 8.78 Å². The van der Waals surface area contributed by atoms with Crippen molar-refractivity contribution in [3.05, 3.63) is 35.9 Å². The number of hydrogen-bond acceptors (Lipinski definition) is 5. The van der Waals surface area contributed by atoms with Gasteiger partial charge in [0, 0.05) is 14.2 Å². The fraction of sp³-hybridized carbons (Fsp3) is 0.684. The third-order valence-electron chi connectivity index (χ3n) is 5.52. The van der Waals surface area contributed by atoms with Crippen LogP contribution in [0.4, 0.5) is 8.78 Å². The Balaban J connectivity index is 1.86. The molecule has 5 nitrogen and oxygen atoms in total. The molecule has 1 aromatic carbocycles. The lowest BCUT2D eigenvalue weighted by molar-refractivity contribution is -0.474. The Labute approximate surface area is 171 Å². The first-order valence-corrected chi connectivity index (χ1v) is 10.0. The van der Waals surface area contributed by atoms with Crippen molar-refractivity contribution < 1.29 is 32.5 Å². The van der Waals surface area contributed by atoms with Crippen LogP contribution in [-0.2, 0) is 30.3 Å². The Kier molecular flexibility index (Phi) is 6.16. The van der Waals surface area contributed by atoms with Gasteiger partial charge >= 0.3 is 0 Å². The molecule has 0 aromatic heterocycles. The smallest absolute Gasteiger partial charge is 0.288 e. The second-order valence-electron chi connectivity index (χ2n) is 7.13. The third-order valence-corrected chi connectivity index (χ3v) is 6.86. The monoisotopic (exact) mass is 498 g/mol. The minimum Gasteiger partial charge on any atom is -0.371 e. The van der Waals surface area contributed by atoms with Crippen LogP contribution in [0.3, 0.4) is 0 Å². The molecule has 0 radical (unpaired) electrons. The van der Waals surface area contributed by atoms with Crippen molar-refractivity contribution in [1.82, 2.24) is 0 Å². The largest absolute Gasteiger partial charge is 0.371 e. The van der Waals surface area contributed by atoms with Gasteiger partial charge in [0.05, 0.1) is 16.6 Å². The molecule has 2 aliphatic rings. The number of methoxy groups -OCH3 is 2. The van der Waals surface area contributed by atoms with Gasteiger partial charge in [0.15, 0.2) is 6.10 Å². The molecule has 2 fully saturated rings. The summed E-state index contributed by atoms with van der Waals surface area (Å²) in [5, 5.41) is 0. The van der Waals surface area contributed by atoms with Crippen LogP contribution < -0.4 is 0 Å². The third kappa shape index (κ3) is 3.76. The Morgan fingerprint density at radius 3 is 2.26 bits per heavy atom. The van der Waals surface area contributed by atoms with E-state index in [1.165, 1.54) is 14.2 Å². The lowest BCUT2D eigenvalue weighted by Crippen LogP contribution is -2.73. The zero-order valence-electron chi connectivity index (χ0n) is 15.8. The fourth-order valence-corrected chi connectivity index (χ4v) is 4.35. The van der Waals surface area contributed by atoms with E-state index in [4.69, 9.17) is 23.7 Å². The fourth-order valence-electron chi connectivity index (χ4n) is 3.49. The maximum absolute atomic E-state index is 14.9. The van der Waals surface area contributed by atoms with Gasteiger partial charge in [-0.3, -0.25) is 0 Å². The average Bonchev–Trinajstić information content (AvgIpc) is 2.66. The minimum absolute atomic E-state index is 0.147. The van der Waals surface area contributed by atoms with Crippen LogP contribution in [0.25, 0.3) is 0 Å². The van der Waals surface area contributed by atoms with E-state index in [0.29, 0.717) is 6.61 Å². The van der Waals surface area contributed by atoms with Crippen molar-refractivity contribution in [2.24, 2.45) is 0 Å². The predicted molar refractivity (Wildman–Crippen MR) is 103 cm³/mol. The molecular weight excluding hydrogens is 473 g/mol. The molecule has 27 heavy (non-hydrogen) atoms. The van der Waals surface area contributed by atoms with Crippen LogP contribution in [0, 0.1) is 0 Å². The van der Waals surface area contributed by atoms with Gasteiger partial charge in [-0.1, -0.05) is 52.9 Å². The first-order chi connectivity index (χ1) is 12.7. The quantitative estimate of drug-likeness (QED) is 0.455. The highest BCUT2D eigenvalue weighted by Crippen LogP contribution is 2.50. The van der Waals surface area contributed by atoms with Crippen LogP contribution in [0.5, 0.6) is 0 Å². The van der Waals surface area contributed by atoms with E-state index >= 15 is 0 Å². The second kappa shape index (κ2) is 7.79. The summed E-state index contributed by atoms with van der Waals surface area (Å²) in [6, 6.07) is 9.58. The predicted octanol–water partition coefficient (Wildman–Crippen LogP) is 3.92. The Morgan fingerprint density at radius 1 is 1.07 bits per heavy atom. The Bertz CT molecular complexity index is 648. The normalized spacial score (nSPS) is 41.1. The lowest BCUT2D eigenvalue weighted by atomic mass is 9.86. The number of halogens is 3. The molecule has 0 bridgehead atoms. The van der Waals surface area contributed by atoms with Crippen molar-refractivity contribution in [2.45, 2.75) is 66.6 Å². The molecule has 1 aliphatic carbocycles. The van der Waals surface area contributed by atoms with Crippen molar-refractivity contribution in [2.75, 3.05) is 14.2 Å². The molecule has 1 aromatic rings. The standard InChI is InChI=1S/C19H25F2IO5/c1-17(23-3)18(2,24-4)27-16-15(26-17)13(10-14(22)19(16,20)21)25-11-12-8-6-5-7-9-12/h5-9,13-16H,10-11H2,1-4H3/t13-,14?,15-,16+,17+,18+/m1/s1. The molecule has 1 aliphatic heterocycles. The van der Waals surface area contributed by atoms with Gasteiger partial charge in [-0.15, -0.1) is 0 Å². The van der Waals surface area contributed by atoms with Gasteiger partial charge in [0.1, 0.15) is 6.10 Å². The molecule has 1 saturated carbocycles. The van der Waals surface area contributed by atoms with Gasteiger partial charge in [0.25, 0.3) is 5.92 Å². The van der Waals surface area contributed by atoms with E-state index in [-0.39, 0.29) is 6.42 Å². The maximum Gasteiger partial charge on any atom is 0.288 e. The number of fused-ring (bicyclic) bond motifs is 1. The zero-order valence-corrected chi connectivity index (χ0v) is 17.9. The van der Waals surface area contributed by atoms with E-state index in [1.54, 1.807) is 36.4 Å². The van der Waals surface area contributed by atoms with Gasteiger partial charge in [0.2, 0.25) is 11.6 Å². The first kappa shape index (κ1) is 21.3. The molecule has 1 unspecified atom stereocenters. The molecule has 0 spiro atoms. The van der Waals surface area contributed by atoms with Crippen LogP contribution in [0.2, 0.25) is 0 Å². The van der Waals surface area contributed by atoms with Crippen LogP contribution in [0.1, 0.15) is 25.8 Å². The molecule has 8 heteroatoms. The number of rotatable bonds is 5. The van der Waals surface area contributed by atoms with Crippen LogP contribution in [-0.4, -0.2) is 54.0 Å². The van der Waals surface area contributed by atoms with Crippen molar-refractivity contribution >= 4 is 22.6 Å². The number of hydrogen-bond donors (Lipinski definition) is 0. The number of ether oxygens (including phenoxy) is 5. The van der Waals surface area contributed by atoms with E-state index in [9.17, 15) is 8.78 Å². The summed E-state index contributed by atoms with van der Waals surface area (Å²) in [5.74, 6) is -5.93. The minimum atomic E-state index is -3.09. The summed E-state index contributed by atoms with van der Waals surface area (Å²) >= 11 is 1.76. The molecule has 3 rings (SSSR count). The molecule has 1 saturated heterocycles. The summed E-state index contributed by atoms with van der Waals surface area (Å²) in [6.07, 6.45) is -2.90. The second-order valence-corrected chi connectivity index (χ2v) is 8.64. The van der Waals surface area contributed by atoms with E-state index in [2.05, 4.69) is 0 Å². The SMILES string of the molecule is CO[C@@]1(C)O[C@@H]2[C@H](OCc3ccccc3)CC(I)C(F)(F)[C@H]2O[C@]1(C)OC.